The van der Waals surface area contributed by atoms with Gasteiger partial charge in [-0.15, -0.1) is 5.10 Å². The molecule has 0 aromatic carbocycles. The third-order valence-corrected chi connectivity index (χ3v) is 2.33. The highest BCUT2D eigenvalue weighted by molar-refractivity contribution is 5.17. The number of hydrogen-bond acceptors (Lipinski definition) is 4. The molecule has 0 saturated carbocycles. The topological polar surface area (TPSA) is 64.1 Å². The van der Waals surface area contributed by atoms with Crippen molar-refractivity contribution < 1.29 is 9.52 Å². The lowest BCUT2D eigenvalue weighted by atomic mass is 10.2. The van der Waals surface area contributed by atoms with E-state index in [4.69, 9.17) is 4.42 Å². The van der Waals surface area contributed by atoms with Gasteiger partial charge in [0.2, 0.25) is 0 Å². The molecule has 0 bridgehead atoms. The Kier molecular flexibility index (Phi) is 2.55. The molecule has 2 aromatic heterocycles. The summed E-state index contributed by atoms with van der Waals surface area (Å²) in [4.78, 5) is 0. The molecule has 1 unspecified atom stereocenters. The number of aliphatic hydroxyl groups excluding tert-OH is 1. The lowest BCUT2D eigenvalue weighted by molar-refractivity contribution is 0.178. The summed E-state index contributed by atoms with van der Waals surface area (Å²) in [7, 11) is 1.73. The molecule has 0 radical (unpaired) electrons. The molecule has 2 rings (SSSR count). The van der Waals surface area contributed by atoms with E-state index in [1.54, 1.807) is 13.1 Å². The number of aryl methyl sites for hydroxylation is 2. The molecule has 2 heterocycles. The zero-order chi connectivity index (χ0) is 10.8. The van der Waals surface area contributed by atoms with Gasteiger partial charge in [-0.2, -0.15) is 0 Å². The van der Waals surface area contributed by atoms with Gasteiger partial charge in [-0.3, -0.25) is 0 Å². The highest BCUT2D eigenvalue weighted by Crippen LogP contribution is 2.22. The minimum atomic E-state index is -0.801. The van der Waals surface area contributed by atoms with E-state index in [9.17, 15) is 5.11 Å². The lowest BCUT2D eigenvalue weighted by Crippen LogP contribution is -2.05. The number of rotatable bonds is 3. The maximum absolute atomic E-state index is 9.98. The monoisotopic (exact) mass is 207 g/mol. The minimum absolute atomic E-state index is 0.525. The van der Waals surface area contributed by atoms with Crippen LogP contribution in [-0.2, 0) is 13.5 Å². The molecule has 2 aromatic rings. The fourth-order valence-electron chi connectivity index (χ4n) is 1.42. The molecule has 0 aliphatic rings. The standard InChI is InChI=1S/C10H13N3O2/c1-3-7-4-5-9(15-7)10(14)8-6-11-12-13(8)2/h4-6,10,14H,3H2,1-2H3. The lowest BCUT2D eigenvalue weighted by Gasteiger charge is -2.06. The summed E-state index contributed by atoms with van der Waals surface area (Å²) in [6.45, 7) is 2.00. The second-order valence-electron chi connectivity index (χ2n) is 3.34. The Morgan fingerprint density at radius 1 is 1.53 bits per heavy atom. The van der Waals surface area contributed by atoms with Crippen LogP contribution in [0, 0.1) is 0 Å². The molecule has 1 N–H and O–H groups in total. The van der Waals surface area contributed by atoms with Gasteiger partial charge < -0.3 is 9.52 Å². The van der Waals surface area contributed by atoms with Crippen molar-refractivity contribution in [3.8, 4) is 0 Å². The first kappa shape index (κ1) is 9.92. The van der Waals surface area contributed by atoms with Crippen molar-refractivity contribution in [3.05, 3.63) is 35.5 Å². The van der Waals surface area contributed by atoms with E-state index < -0.39 is 6.10 Å². The molecule has 15 heavy (non-hydrogen) atoms. The molecule has 0 amide bonds. The largest absolute Gasteiger partial charge is 0.463 e. The van der Waals surface area contributed by atoms with E-state index >= 15 is 0 Å². The second-order valence-corrected chi connectivity index (χ2v) is 3.34. The molecule has 0 spiro atoms. The first-order chi connectivity index (χ1) is 7.22. The van der Waals surface area contributed by atoms with Crippen molar-refractivity contribution in [1.29, 1.82) is 0 Å². The Bertz CT molecular complexity index is 447. The molecule has 80 valence electrons. The number of nitrogens with zero attached hydrogens (tertiary/aromatic N) is 3. The van der Waals surface area contributed by atoms with Crippen molar-refractivity contribution in [2.75, 3.05) is 0 Å². The normalized spacial score (nSPS) is 13.0. The van der Waals surface area contributed by atoms with Crippen LogP contribution >= 0.6 is 0 Å². The predicted octanol–water partition coefficient (Wildman–Crippen LogP) is 1.05. The van der Waals surface area contributed by atoms with Crippen LogP contribution in [0.4, 0.5) is 0 Å². The number of aliphatic hydroxyl groups is 1. The third kappa shape index (κ3) is 1.78. The fourth-order valence-corrected chi connectivity index (χ4v) is 1.42. The van der Waals surface area contributed by atoms with Crippen molar-refractivity contribution in [1.82, 2.24) is 15.0 Å². The van der Waals surface area contributed by atoms with Crippen molar-refractivity contribution in [3.63, 3.8) is 0 Å². The highest BCUT2D eigenvalue weighted by atomic mass is 16.4. The molecular weight excluding hydrogens is 194 g/mol. The quantitative estimate of drug-likeness (QED) is 0.817. The van der Waals surface area contributed by atoms with E-state index in [1.807, 2.05) is 13.0 Å². The number of aromatic nitrogens is 3. The Morgan fingerprint density at radius 2 is 2.33 bits per heavy atom. The van der Waals surface area contributed by atoms with Crippen LogP contribution < -0.4 is 0 Å². The van der Waals surface area contributed by atoms with Crippen LogP contribution in [0.15, 0.2) is 22.7 Å². The van der Waals surface area contributed by atoms with Gasteiger partial charge in [-0.1, -0.05) is 12.1 Å². The van der Waals surface area contributed by atoms with Crippen LogP contribution in [0.25, 0.3) is 0 Å². The Balaban J connectivity index is 2.28. The maximum atomic E-state index is 9.98. The summed E-state index contributed by atoms with van der Waals surface area (Å²) < 4.78 is 6.98. The van der Waals surface area contributed by atoms with Crippen LogP contribution in [0.5, 0.6) is 0 Å². The van der Waals surface area contributed by atoms with Gasteiger partial charge in [-0.05, 0) is 12.1 Å². The summed E-state index contributed by atoms with van der Waals surface area (Å²) in [5.41, 5.74) is 0.618. The van der Waals surface area contributed by atoms with Crippen molar-refractivity contribution >= 4 is 0 Å². The Hall–Kier alpha value is -1.62. The van der Waals surface area contributed by atoms with E-state index in [0.717, 1.165) is 12.2 Å². The van der Waals surface area contributed by atoms with Crippen LogP contribution in [0.3, 0.4) is 0 Å². The smallest absolute Gasteiger partial charge is 0.155 e. The molecule has 5 nitrogen and oxygen atoms in total. The SMILES string of the molecule is CCc1ccc(C(O)c2cnnn2C)o1. The van der Waals surface area contributed by atoms with Crippen LogP contribution in [0.2, 0.25) is 0 Å². The average molecular weight is 207 g/mol. The summed E-state index contributed by atoms with van der Waals surface area (Å²) in [5, 5.41) is 17.4. The van der Waals surface area contributed by atoms with E-state index in [1.165, 1.54) is 10.9 Å². The molecule has 0 aliphatic carbocycles. The zero-order valence-electron chi connectivity index (χ0n) is 8.71. The summed E-state index contributed by atoms with van der Waals surface area (Å²) in [6.07, 6.45) is 1.54. The van der Waals surface area contributed by atoms with Crippen LogP contribution in [-0.4, -0.2) is 20.1 Å². The average Bonchev–Trinajstić information content (AvgIpc) is 2.84. The van der Waals surface area contributed by atoms with E-state index in [0.29, 0.717) is 11.5 Å². The van der Waals surface area contributed by atoms with Gasteiger partial charge in [0.25, 0.3) is 0 Å². The molecule has 1 atom stereocenters. The fraction of sp³-hybridized carbons (Fsp3) is 0.400. The summed E-state index contributed by atoms with van der Waals surface area (Å²) >= 11 is 0. The second kappa shape index (κ2) is 3.86. The van der Waals surface area contributed by atoms with Gasteiger partial charge in [0.05, 0.1) is 11.9 Å². The van der Waals surface area contributed by atoms with Gasteiger partial charge in [0.15, 0.2) is 6.10 Å². The van der Waals surface area contributed by atoms with E-state index in [2.05, 4.69) is 10.3 Å². The Labute approximate surface area is 87.3 Å². The zero-order valence-corrected chi connectivity index (χ0v) is 8.71. The maximum Gasteiger partial charge on any atom is 0.155 e. The van der Waals surface area contributed by atoms with Crippen molar-refractivity contribution in [2.45, 2.75) is 19.4 Å². The first-order valence-corrected chi connectivity index (χ1v) is 4.83. The van der Waals surface area contributed by atoms with Gasteiger partial charge in [0, 0.05) is 13.5 Å². The molecule has 0 fully saturated rings. The van der Waals surface area contributed by atoms with Crippen LogP contribution in [0.1, 0.15) is 30.2 Å². The molecular formula is C10H13N3O2. The number of hydrogen-bond donors (Lipinski definition) is 1. The predicted molar refractivity (Wildman–Crippen MR) is 53.2 cm³/mol. The molecule has 0 saturated heterocycles. The first-order valence-electron chi connectivity index (χ1n) is 4.83. The minimum Gasteiger partial charge on any atom is -0.463 e. The highest BCUT2D eigenvalue weighted by Gasteiger charge is 2.18. The summed E-state index contributed by atoms with van der Waals surface area (Å²) in [5.74, 6) is 1.39. The van der Waals surface area contributed by atoms with Gasteiger partial charge in [0.1, 0.15) is 11.5 Å². The number of furan rings is 1. The third-order valence-electron chi connectivity index (χ3n) is 2.33. The Morgan fingerprint density at radius 3 is 2.87 bits per heavy atom. The molecule has 0 aliphatic heterocycles. The molecule has 5 heteroatoms. The van der Waals surface area contributed by atoms with E-state index in [-0.39, 0.29) is 0 Å². The van der Waals surface area contributed by atoms with Crippen molar-refractivity contribution in [2.24, 2.45) is 7.05 Å². The van der Waals surface area contributed by atoms with Gasteiger partial charge >= 0.3 is 0 Å². The summed E-state index contributed by atoms with van der Waals surface area (Å²) in [6, 6.07) is 3.64. The van der Waals surface area contributed by atoms with Gasteiger partial charge in [-0.25, -0.2) is 4.68 Å².